The van der Waals surface area contributed by atoms with E-state index in [1.165, 1.54) is 4.52 Å². The lowest BCUT2D eigenvalue weighted by molar-refractivity contribution is -0.169. The second-order valence-electron chi connectivity index (χ2n) is 16.7. The fourth-order valence-electron chi connectivity index (χ4n) is 8.58. The van der Waals surface area contributed by atoms with Gasteiger partial charge < -0.3 is 34.4 Å². The number of alkyl halides is 3. The van der Waals surface area contributed by atoms with Gasteiger partial charge in [0.2, 0.25) is 17.6 Å². The molecule has 5 aromatic rings. The Morgan fingerprint density at radius 3 is 2.23 bits per heavy atom. The summed E-state index contributed by atoms with van der Waals surface area (Å²) in [6.45, 7) is 10.7. The zero-order valence-corrected chi connectivity index (χ0v) is 35.4. The van der Waals surface area contributed by atoms with E-state index in [0.717, 1.165) is 23.9 Å². The molecule has 3 aliphatic rings. The minimum atomic E-state index is -4.63. The molecule has 6 heterocycles. The summed E-state index contributed by atoms with van der Waals surface area (Å²) in [5, 5.41) is 23.9. The third kappa shape index (κ3) is 7.76. The van der Waals surface area contributed by atoms with Gasteiger partial charge in [0, 0.05) is 67.2 Å². The van der Waals surface area contributed by atoms with Gasteiger partial charge in [-0.25, -0.2) is 0 Å². The second-order valence-corrected chi connectivity index (χ2v) is 17.1. The number of benzene rings is 2. The first-order chi connectivity index (χ1) is 29.4. The predicted molar refractivity (Wildman–Crippen MR) is 222 cm³/mol. The number of aromatic hydroxyl groups is 1. The Bertz CT molecular complexity index is 2620. The fourth-order valence-corrected chi connectivity index (χ4v) is 8.81. The van der Waals surface area contributed by atoms with E-state index in [1.807, 2.05) is 49.9 Å². The summed E-state index contributed by atoms with van der Waals surface area (Å²) in [5.74, 6) is -0.874. The number of H-pyrrole nitrogens is 1. The smallest absolute Gasteiger partial charge is 0.416 e. The molecule has 0 aliphatic carbocycles. The number of halogens is 4. The number of carbonyl (C=O) groups is 3. The average molecular weight is 879 g/mol. The van der Waals surface area contributed by atoms with Gasteiger partial charge in [-0.15, -0.1) is 5.10 Å². The summed E-state index contributed by atoms with van der Waals surface area (Å²) in [5.41, 5.74) is 0.0145. The molecule has 8 rings (SSSR count). The number of aryl methyl sites for hydroxylation is 1. The van der Waals surface area contributed by atoms with E-state index >= 15 is 0 Å². The van der Waals surface area contributed by atoms with Crippen LogP contribution in [0.25, 0.3) is 17.2 Å². The Hall–Kier alpha value is -5.95. The lowest BCUT2D eigenvalue weighted by Crippen LogP contribution is -2.58. The van der Waals surface area contributed by atoms with Gasteiger partial charge >= 0.3 is 6.18 Å². The molecule has 0 bridgehead atoms. The maximum Gasteiger partial charge on any atom is 0.416 e. The highest BCUT2D eigenvalue weighted by Crippen LogP contribution is 2.38. The summed E-state index contributed by atoms with van der Waals surface area (Å²) < 4.78 is 48.2. The number of hydrogen-bond donors (Lipinski definition) is 3. The Kier molecular flexibility index (Phi) is 11.1. The first kappa shape index (κ1) is 42.7. The number of carbonyl (C=O) groups excluding carboxylic acids is 3. The van der Waals surface area contributed by atoms with E-state index in [-0.39, 0.29) is 59.2 Å². The fraction of sp³-hybridized carbons (Fsp3) is 0.452. The van der Waals surface area contributed by atoms with E-state index in [9.17, 15) is 37.5 Å². The van der Waals surface area contributed by atoms with E-state index in [4.69, 9.17) is 21.3 Å². The van der Waals surface area contributed by atoms with Crippen LogP contribution in [0.15, 0.2) is 47.3 Å². The van der Waals surface area contributed by atoms with Crippen LogP contribution < -0.4 is 15.8 Å². The Labute approximate surface area is 358 Å². The number of aromatic amines is 1. The van der Waals surface area contributed by atoms with Crippen molar-refractivity contribution in [2.24, 2.45) is 5.41 Å². The number of piperazine rings is 1. The van der Waals surface area contributed by atoms with Crippen LogP contribution in [0.3, 0.4) is 0 Å². The zero-order valence-electron chi connectivity index (χ0n) is 34.6. The lowest BCUT2D eigenvalue weighted by atomic mass is 9.73. The van der Waals surface area contributed by atoms with Crippen LogP contribution in [-0.2, 0) is 38.9 Å². The highest BCUT2D eigenvalue weighted by atomic mass is 35.5. The molecule has 62 heavy (non-hydrogen) atoms. The van der Waals surface area contributed by atoms with E-state index in [0.29, 0.717) is 74.7 Å². The second kappa shape index (κ2) is 16.1. The number of likely N-dealkylation sites (tertiary alicyclic amines) is 1. The largest absolute Gasteiger partial charge is 0.504 e. The summed E-state index contributed by atoms with van der Waals surface area (Å²) in [6, 6.07) is 10.2. The molecule has 3 N–H and O–H groups in total. The van der Waals surface area contributed by atoms with Gasteiger partial charge in [0.25, 0.3) is 11.5 Å². The van der Waals surface area contributed by atoms with E-state index < -0.39 is 46.5 Å². The Morgan fingerprint density at radius 2 is 1.66 bits per heavy atom. The molecule has 20 heteroatoms. The standard InChI is InChI=1S/C42H46ClF3N10O6/c1-5-30-32(40(3)12-14-53(15-13-40)37(60)33-34(58)24(2)49-50-33)36(59)56-39(55(30)21-31(57)47-29-11-8-26(20-28(29)43)42(44,45)46)48-35(51-56)25-6-9-27(10-7-25)52-16-18-54(19-17-52)38(61)41(4)22-62-23-41/h6-11,20,58H,5,12-19,21-23H2,1-4H3,(H,47,57)(H,49,50). The minimum Gasteiger partial charge on any atom is -0.504 e. The van der Waals surface area contributed by atoms with E-state index in [1.54, 1.807) is 16.4 Å². The first-order valence-corrected chi connectivity index (χ1v) is 20.7. The molecule has 0 saturated carbocycles. The third-order valence-corrected chi connectivity index (χ3v) is 12.7. The number of ether oxygens (including phenoxy) is 1. The number of amides is 3. The number of piperidine rings is 1. The van der Waals surface area contributed by atoms with Gasteiger partial charge in [0.15, 0.2) is 17.3 Å². The molecule has 3 saturated heterocycles. The SMILES string of the molecule is CCc1c(C2(C)CCN(C(=O)c3[nH]nc(C)c3O)CC2)c(=O)n2nc(-c3ccc(N4CCN(C(=O)C5(C)COC5)CC4)cc3)nc2n1CC(=O)Nc1ccc(C(F)(F)F)cc1Cl. The maximum atomic E-state index is 14.7. The number of nitrogens with zero attached hydrogens (tertiary/aromatic N) is 8. The molecular formula is C42H46ClF3N10O6. The van der Waals surface area contributed by atoms with Gasteiger partial charge in [-0.2, -0.15) is 27.8 Å². The summed E-state index contributed by atoms with van der Waals surface area (Å²) in [6.07, 6.45) is -3.64. The van der Waals surface area contributed by atoms with Crippen LogP contribution in [0, 0.1) is 12.3 Å². The molecule has 2 aromatic carbocycles. The van der Waals surface area contributed by atoms with Crippen molar-refractivity contribution in [3.63, 3.8) is 0 Å². The van der Waals surface area contributed by atoms with Crippen molar-refractivity contribution < 1.29 is 37.4 Å². The first-order valence-electron chi connectivity index (χ1n) is 20.4. The van der Waals surface area contributed by atoms with Crippen LogP contribution in [0.4, 0.5) is 24.5 Å². The zero-order chi connectivity index (χ0) is 44.3. The number of nitrogens with one attached hydrogen (secondary N) is 2. The highest BCUT2D eigenvalue weighted by molar-refractivity contribution is 6.33. The van der Waals surface area contributed by atoms with Crippen LogP contribution in [-0.4, -0.2) is 114 Å². The molecule has 0 spiro atoms. The Morgan fingerprint density at radius 1 is 0.984 bits per heavy atom. The molecule has 3 amide bonds. The number of fused-ring (bicyclic) bond motifs is 1. The molecule has 3 fully saturated rings. The van der Waals surface area contributed by atoms with Crippen molar-refractivity contribution in [3.05, 3.63) is 86.0 Å². The van der Waals surface area contributed by atoms with Gasteiger partial charge in [-0.05, 0) is 75.6 Å². The lowest BCUT2D eigenvalue weighted by Gasteiger charge is -2.43. The molecule has 0 unspecified atom stereocenters. The van der Waals surface area contributed by atoms with Gasteiger partial charge in [0.05, 0.1) is 34.9 Å². The Balaban J connectivity index is 1.10. The quantitative estimate of drug-likeness (QED) is 0.181. The molecule has 3 aromatic heterocycles. The van der Waals surface area contributed by atoms with Crippen LogP contribution in [0.2, 0.25) is 5.02 Å². The van der Waals surface area contributed by atoms with Crippen LogP contribution in [0.5, 0.6) is 5.75 Å². The molecule has 0 atom stereocenters. The number of aromatic nitrogens is 6. The third-order valence-electron chi connectivity index (χ3n) is 12.4. The minimum absolute atomic E-state index is 0.0184. The molecule has 3 aliphatic heterocycles. The van der Waals surface area contributed by atoms with Crippen molar-refractivity contribution in [1.82, 2.24) is 39.2 Å². The van der Waals surface area contributed by atoms with Gasteiger partial charge in [-0.3, -0.25) is 24.3 Å². The molecule has 0 radical (unpaired) electrons. The normalized spacial score (nSPS) is 17.6. The van der Waals surface area contributed by atoms with Gasteiger partial charge in [0.1, 0.15) is 12.2 Å². The van der Waals surface area contributed by atoms with E-state index in [2.05, 4.69) is 25.5 Å². The predicted octanol–water partition coefficient (Wildman–Crippen LogP) is 5.05. The maximum absolute atomic E-state index is 14.7. The summed E-state index contributed by atoms with van der Waals surface area (Å²) in [7, 11) is 0. The molecule has 328 valence electrons. The van der Waals surface area contributed by atoms with Crippen molar-refractivity contribution in [2.45, 2.75) is 65.1 Å². The van der Waals surface area contributed by atoms with Crippen molar-refractivity contribution in [2.75, 3.05) is 62.7 Å². The topological polar surface area (TPSA) is 183 Å². The van der Waals surface area contributed by atoms with Crippen LogP contribution >= 0.6 is 11.6 Å². The van der Waals surface area contributed by atoms with Crippen molar-refractivity contribution in [1.29, 1.82) is 0 Å². The summed E-state index contributed by atoms with van der Waals surface area (Å²) in [4.78, 5) is 65.4. The number of rotatable bonds is 9. The summed E-state index contributed by atoms with van der Waals surface area (Å²) >= 11 is 6.20. The average Bonchev–Trinajstić information content (AvgIpc) is 3.84. The number of hydrogen-bond acceptors (Lipinski definition) is 10. The molecule has 16 nitrogen and oxygen atoms in total. The van der Waals surface area contributed by atoms with Gasteiger partial charge in [-0.1, -0.05) is 25.4 Å². The number of anilines is 2. The highest BCUT2D eigenvalue weighted by Gasteiger charge is 2.44. The van der Waals surface area contributed by atoms with Crippen molar-refractivity contribution in [3.8, 4) is 17.1 Å². The molecular weight excluding hydrogens is 833 g/mol. The van der Waals surface area contributed by atoms with Crippen molar-refractivity contribution >= 4 is 46.5 Å². The monoisotopic (exact) mass is 878 g/mol. The van der Waals surface area contributed by atoms with Crippen LogP contribution in [0.1, 0.15) is 66.6 Å².